The number of aromatic nitrogens is 1. The molecule has 0 unspecified atom stereocenters. The zero-order valence-corrected chi connectivity index (χ0v) is 18.4. The molecule has 1 saturated heterocycles. The fraction of sp³-hybridized carbons (Fsp3) is 0.360. The van der Waals surface area contributed by atoms with Crippen LogP contribution in [0.4, 0.5) is 0 Å². The summed E-state index contributed by atoms with van der Waals surface area (Å²) in [5.41, 5.74) is 3.56. The number of nitrogens with zero attached hydrogens (tertiary/aromatic N) is 3. The van der Waals surface area contributed by atoms with E-state index in [2.05, 4.69) is 46.3 Å². The first-order chi connectivity index (χ1) is 15.5. The van der Waals surface area contributed by atoms with E-state index in [4.69, 9.17) is 5.11 Å². The topological polar surface area (TPSA) is 79.9 Å². The number of hydrogen-bond donors (Lipinski definition) is 2. The number of amides is 1. The van der Waals surface area contributed by atoms with E-state index in [0.29, 0.717) is 6.54 Å². The van der Waals surface area contributed by atoms with E-state index in [1.807, 2.05) is 29.3 Å². The summed E-state index contributed by atoms with van der Waals surface area (Å²) in [6.07, 6.45) is 2.80. The van der Waals surface area contributed by atoms with Gasteiger partial charge in [0.2, 0.25) is 5.91 Å². The van der Waals surface area contributed by atoms with E-state index in [1.54, 1.807) is 11.9 Å². The zero-order valence-electron chi connectivity index (χ0n) is 18.4. The lowest BCUT2D eigenvalue weighted by Gasteiger charge is -2.42. The van der Waals surface area contributed by atoms with Gasteiger partial charge in [0, 0.05) is 49.3 Å². The molecular weight excluding hydrogens is 404 g/mol. The molecule has 32 heavy (non-hydrogen) atoms. The Bertz CT molecular complexity index is 1070. The summed E-state index contributed by atoms with van der Waals surface area (Å²) in [6, 6.07) is 18.6. The maximum Gasteiger partial charge on any atom is 0.317 e. The standard InChI is InChI=1S/C25H30N4O3/c1-27(18-25(31)32)17-24(30)29-12-11-28(15-19-7-3-2-4-8-19)16-21(29)13-20-14-26-23-10-6-5-9-22(20)23/h2-10,14,21,26H,11-13,15-18H2,1H3,(H,31,32)/t21-/m0/s1. The van der Waals surface area contributed by atoms with Gasteiger partial charge in [-0.1, -0.05) is 48.5 Å². The molecule has 1 aliphatic rings. The SMILES string of the molecule is CN(CC(=O)O)CC(=O)N1CCN(Cc2ccccc2)C[C@@H]1Cc1c[nH]c2ccccc12. The summed E-state index contributed by atoms with van der Waals surface area (Å²) in [5, 5.41) is 10.2. The normalized spacial score (nSPS) is 17.2. The number of aliphatic carboxylic acids is 1. The minimum atomic E-state index is -0.927. The lowest BCUT2D eigenvalue weighted by molar-refractivity contribution is -0.140. The van der Waals surface area contributed by atoms with Crippen LogP contribution in [-0.2, 0) is 22.6 Å². The number of carboxylic acids is 1. The Hall–Kier alpha value is -3.16. The number of nitrogens with one attached hydrogen (secondary N) is 1. The summed E-state index contributed by atoms with van der Waals surface area (Å²) in [7, 11) is 1.67. The van der Waals surface area contributed by atoms with Crippen LogP contribution in [0.1, 0.15) is 11.1 Å². The molecule has 0 aliphatic carbocycles. The number of hydrogen-bond acceptors (Lipinski definition) is 4. The third-order valence-corrected chi connectivity index (χ3v) is 6.08. The minimum Gasteiger partial charge on any atom is -0.480 e. The largest absolute Gasteiger partial charge is 0.480 e. The van der Waals surface area contributed by atoms with Crippen molar-refractivity contribution < 1.29 is 14.7 Å². The van der Waals surface area contributed by atoms with Crippen molar-refractivity contribution in [3.05, 3.63) is 71.9 Å². The number of carboxylic acid groups (broad SMARTS) is 1. The number of carbonyl (C=O) groups is 2. The van der Waals surface area contributed by atoms with Gasteiger partial charge in [-0.2, -0.15) is 0 Å². The van der Waals surface area contributed by atoms with Crippen LogP contribution < -0.4 is 0 Å². The molecule has 168 valence electrons. The second-order valence-corrected chi connectivity index (χ2v) is 8.59. The molecule has 1 aliphatic heterocycles. The molecule has 1 atom stereocenters. The van der Waals surface area contributed by atoms with Gasteiger partial charge in [-0.25, -0.2) is 0 Å². The van der Waals surface area contributed by atoms with Crippen molar-refractivity contribution >= 4 is 22.8 Å². The lowest BCUT2D eigenvalue weighted by atomic mass is 10.0. The van der Waals surface area contributed by atoms with E-state index in [-0.39, 0.29) is 25.0 Å². The van der Waals surface area contributed by atoms with E-state index in [0.717, 1.165) is 31.6 Å². The van der Waals surface area contributed by atoms with Gasteiger partial charge in [-0.05, 0) is 30.7 Å². The van der Waals surface area contributed by atoms with Crippen molar-refractivity contribution in [1.82, 2.24) is 19.7 Å². The second-order valence-electron chi connectivity index (χ2n) is 8.59. The number of carbonyl (C=O) groups excluding carboxylic acids is 1. The Kier molecular flexibility index (Phi) is 6.87. The Labute approximate surface area is 188 Å². The quantitative estimate of drug-likeness (QED) is 0.569. The molecule has 0 radical (unpaired) electrons. The fourth-order valence-corrected chi connectivity index (χ4v) is 4.57. The molecule has 0 spiro atoms. The molecule has 1 aromatic heterocycles. The van der Waals surface area contributed by atoms with Crippen molar-refractivity contribution in [3.63, 3.8) is 0 Å². The van der Waals surface area contributed by atoms with Gasteiger partial charge in [0.05, 0.1) is 13.1 Å². The number of H-pyrrole nitrogens is 1. The molecule has 3 aromatic rings. The maximum atomic E-state index is 13.1. The second kappa shape index (κ2) is 9.97. The van der Waals surface area contributed by atoms with Crippen LogP contribution in [0.25, 0.3) is 10.9 Å². The van der Waals surface area contributed by atoms with Crippen molar-refractivity contribution in [1.29, 1.82) is 0 Å². The summed E-state index contributed by atoms with van der Waals surface area (Å²) in [4.78, 5) is 33.4. The third-order valence-electron chi connectivity index (χ3n) is 6.08. The number of rotatable bonds is 8. The number of para-hydroxylation sites is 1. The highest BCUT2D eigenvalue weighted by Gasteiger charge is 2.31. The Morgan fingerprint density at radius 2 is 1.81 bits per heavy atom. The molecule has 1 fully saturated rings. The predicted molar refractivity (Wildman–Crippen MR) is 124 cm³/mol. The van der Waals surface area contributed by atoms with E-state index in [1.165, 1.54) is 16.5 Å². The molecule has 2 N–H and O–H groups in total. The van der Waals surface area contributed by atoms with Crippen LogP contribution in [0.5, 0.6) is 0 Å². The lowest BCUT2D eigenvalue weighted by Crippen LogP contribution is -2.57. The van der Waals surface area contributed by atoms with Gasteiger partial charge in [0.25, 0.3) is 0 Å². The summed E-state index contributed by atoms with van der Waals surface area (Å²) in [5.74, 6) is -0.943. The summed E-state index contributed by atoms with van der Waals surface area (Å²) >= 11 is 0. The van der Waals surface area contributed by atoms with Crippen LogP contribution in [0.15, 0.2) is 60.8 Å². The molecule has 2 heterocycles. The first-order valence-electron chi connectivity index (χ1n) is 11.0. The summed E-state index contributed by atoms with van der Waals surface area (Å²) in [6.45, 7) is 3.03. The highest BCUT2D eigenvalue weighted by molar-refractivity contribution is 5.83. The first-order valence-corrected chi connectivity index (χ1v) is 11.0. The van der Waals surface area contributed by atoms with Gasteiger partial charge in [0.15, 0.2) is 0 Å². The van der Waals surface area contributed by atoms with Gasteiger partial charge < -0.3 is 15.0 Å². The smallest absolute Gasteiger partial charge is 0.317 e. The third kappa shape index (κ3) is 5.36. The average Bonchev–Trinajstić information content (AvgIpc) is 3.17. The van der Waals surface area contributed by atoms with Crippen molar-refractivity contribution in [2.45, 2.75) is 19.0 Å². The molecule has 7 nitrogen and oxygen atoms in total. The Balaban J connectivity index is 1.51. The van der Waals surface area contributed by atoms with Crippen molar-refractivity contribution in [2.75, 3.05) is 39.8 Å². The number of piperazine rings is 1. The highest BCUT2D eigenvalue weighted by Crippen LogP contribution is 2.23. The van der Waals surface area contributed by atoms with E-state index in [9.17, 15) is 9.59 Å². The van der Waals surface area contributed by atoms with Crippen LogP contribution in [0.2, 0.25) is 0 Å². The van der Waals surface area contributed by atoms with Crippen LogP contribution in [0, 0.1) is 0 Å². The highest BCUT2D eigenvalue weighted by atomic mass is 16.4. The van der Waals surface area contributed by atoms with Crippen molar-refractivity contribution in [2.24, 2.45) is 0 Å². The van der Waals surface area contributed by atoms with Gasteiger partial charge in [-0.3, -0.25) is 19.4 Å². The zero-order chi connectivity index (χ0) is 22.5. The fourth-order valence-electron chi connectivity index (χ4n) is 4.57. The van der Waals surface area contributed by atoms with Gasteiger partial charge >= 0.3 is 5.97 Å². The Morgan fingerprint density at radius 3 is 2.59 bits per heavy atom. The number of benzene rings is 2. The van der Waals surface area contributed by atoms with Gasteiger partial charge in [0.1, 0.15) is 0 Å². The molecule has 1 amide bonds. The van der Waals surface area contributed by atoms with E-state index >= 15 is 0 Å². The number of aromatic amines is 1. The van der Waals surface area contributed by atoms with Crippen LogP contribution in [-0.4, -0.2) is 82.5 Å². The monoisotopic (exact) mass is 434 g/mol. The van der Waals surface area contributed by atoms with Crippen LogP contribution >= 0.6 is 0 Å². The van der Waals surface area contributed by atoms with Crippen molar-refractivity contribution in [3.8, 4) is 0 Å². The minimum absolute atomic E-state index is 0.0158. The van der Waals surface area contributed by atoms with Crippen LogP contribution in [0.3, 0.4) is 0 Å². The molecule has 0 bridgehead atoms. The number of fused-ring (bicyclic) bond motifs is 1. The van der Waals surface area contributed by atoms with E-state index < -0.39 is 5.97 Å². The molecule has 7 heteroatoms. The molecule has 4 rings (SSSR count). The predicted octanol–water partition coefficient (Wildman–Crippen LogP) is 2.44. The summed E-state index contributed by atoms with van der Waals surface area (Å²) < 4.78 is 0. The number of likely N-dealkylation sites (N-methyl/N-ethyl adjacent to an activating group) is 1. The first kappa shape index (κ1) is 22.0. The Morgan fingerprint density at radius 1 is 1.06 bits per heavy atom. The molecule has 0 saturated carbocycles. The van der Waals surface area contributed by atoms with Gasteiger partial charge in [-0.15, -0.1) is 0 Å². The maximum absolute atomic E-state index is 13.1. The molecular formula is C25H30N4O3. The molecule has 2 aromatic carbocycles. The average molecular weight is 435 g/mol.